The molecule has 2 unspecified atom stereocenters. The summed E-state index contributed by atoms with van der Waals surface area (Å²) in [6.45, 7) is 7.57. The SMILES string of the molecule is COc1cc2c(c(OC)c1OC)-c1ccc(NC(C(=O)N3CCCN(S(=O)(=O)N4CCCC4)CC3)C(C)C)c(=O)cc1C(NC(C)=O)CC2. The van der Waals surface area contributed by atoms with E-state index in [0.29, 0.717) is 73.8 Å². The zero-order chi connectivity index (χ0) is 35.5. The highest BCUT2D eigenvalue weighted by atomic mass is 32.2. The first kappa shape index (κ1) is 36.4. The van der Waals surface area contributed by atoms with Gasteiger partial charge >= 0.3 is 0 Å². The van der Waals surface area contributed by atoms with Crippen molar-refractivity contribution in [3.63, 3.8) is 0 Å². The van der Waals surface area contributed by atoms with Gasteiger partial charge in [0.2, 0.25) is 23.0 Å². The Morgan fingerprint density at radius 3 is 2.18 bits per heavy atom. The Labute approximate surface area is 289 Å². The summed E-state index contributed by atoms with van der Waals surface area (Å²) in [6.07, 6.45) is 3.34. The zero-order valence-corrected chi connectivity index (χ0v) is 30.2. The molecule has 2 aromatic rings. The highest BCUT2D eigenvalue weighted by Crippen LogP contribution is 2.50. The van der Waals surface area contributed by atoms with Crippen molar-refractivity contribution in [1.29, 1.82) is 0 Å². The van der Waals surface area contributed by atoms with Gasteiger partial charge in [0.15, 0.2) is 11.5 Å². The summed E-state index contributed by atoms with van der Waals surface area (Å²) in [4.78, 5) is 42.0. The molecule has 2 amide bonds. The summed E-state index contributed by atoms with van der Waals surface area (Å²) < 4.78 is 46.6. The lowest BCUT2D eigenvalue weighted by molar-refractivity contribution is -0.132. The minimum absolute atomic E-state index is 0.187. The predicted molar refractivity (Wildman–Crippen MR) is 187 cm³/mol. The Balaban J connectivity index is 1.49. The number of amides is 2. The van der Waals surface area contributed by atoms with E-state index in [-0.39, 0.29) is 41.9 Å². The number of aryl methyl sites for hydroxylation is 1. The van der Waals surface area contributed by atoms with Crippen LogP contribution in [0, 0.1) is 5.92 Å². The zero-order valence-electron chi connectivity index (χ0n) is 29.3. The molecule has 49 heavy (non-hydrogen) atoms. The quantitative estimate of drug-likeness (QED) is 0.382. The van der Waals surface area contributed by atoms with E-state index in [4.69, 9.17) is 14.2 Å². The highest BCUT2D eigenvalue weighted by Gasteiger charge is 2.36. The molecule has 2 aliphatic heterocycles. The number of nitrogens with one attached hydrogen (secondary N) is 2. The first-order valence-corrected chi connectivity index (χ1v) is 18.4. The van der Waals surface area contributed by atoms with Crippen LogP contribution in [-0.2, 0) is 26.2 Å². The number of carbonyl (C=O) groups is 2. The normalized spacial score (nSPS) is 19.2. The maximum atomic E-state index is 14.0. The number of nitrogens with zero attached hydrogens (tertiary/aromatic N) is 3. The van der Waals surface area contributed by atoms with Crippen LogP contribution in [0.3, 0.4) is 0 Å². The molecule has 0 radical (unpaired) electrons. The largest absolute Gasteiger partial charge is 0.493 e. The second kappa shape index (κ2) is 15.3. The molecule has 2 heterocycles. The first-order valence-electron chi connectivity index (χ1n) is 17.0. The topological polar surface area (TPSA) is 147 Å². The first-order chi connectivity index (χ1) is 23.4. The molecular formula is C35H49N5O8S. The van der Waals surface area contributed by atoms with Gasteiger partial charge in [0.1, 0.15) is 6.04 Å². The molecule has 2 fully saturated rings. The van der Waals surface area contributed by atoms with E-state index in [1.807, 2.05) is 26.0 Å². The molecule has 3 aliphatic rings. The van der Waals surface area contributed by atoms with Crippen molar-refractivity contribution in [2.75, 3.05) is 65.9 Å². The monoisotopic (exact) mass is 699 g/mol. The summed E-state index contributed by atoms with van der Waals surface area (Å²) in [5.74, 6) is 0.765. The molecule has 0 saturated carbocycles. The van der Waals surface area contributed by atoms with Gasteiger partial charge in [-0.1, -0.05) is 19.9 Å². The van der Waals surface area contributed by atoms with Crippen molar-refractivity contribution in [1.82, 2.24) is 18.8 Å². The number of fused-ring (bicyclic) bond motifs is 3. The van der Waals surface area contributed by atoms with Crippen LogP contribution in [-0.4, -0.2) is 100 Å². The number of rotatable bonds is 10. The predicted octanol–water partition coefficient (Wildman–Crippen LogP) is 3.17. The number of benzene rings is 1. The minimum atomic E-state index is -3.57. The Morgan fingerprint density at radius 1 is 0.878 bits per heavy atom. The van der Waals surface area contributed by atoms with Gasteiger partial charge in [-0.05, 0) is 72.9 Å². The molecule has 2 atom stereocenters. The minimum Gasteiger partial charge on any atom is -0.493 e. The molecular weight excluding hydrogens is 650 g/mol. The van der Waals surface area contributed by atoms with Gasteiger partial charge in [0, 0.05) is 51.8 Å². The van der Waals surface area contributed by atoms with Crippen LogP contribution in [0.1, 0.15) is 63.6 Å². The third-order valence-electron chi connectivity index (χ3n) is 9.64. The van der Waals surface area contributed by atoms with Crippen LogP contribution in [0.15, 0.2) is 29.1 Å². The molecule has 1 aliphatic carbocycles. The lowest BCUT2D eigenvalue weighted by atomic mass is 9.95. The highest BCUT2D eigenvalue weighted by molar-refractivity contribution is 7.86. The lowest BCUT2D eigenvalue weighted by Crippen LogP contribution is -2.48. The Morgan fingerprint density at radius 2 is 1.55 bits per heavy atom. The molecule has 2 saturated heterocycles. The molecule has 0 bridgehead atoms. The van der Waals surface area contributed by atoms with E-state index >= 15 is 0 Å². The summed E-state index contributed by atoms with van der Waals surface area (Å²) in [7, 11) is 1.07. The standard InChI is InChI=1S/C35H49N5O8S/c1-22(2)32(35(43)38-14-9-17-40(19-18-38)49(44,45)39-15-7-8-16-39)37-28-13-11-25-26(21-29(28)42)27(36-23(3)41)12-10-24-20-30(46-4)33(47-5)34(48-6)31(24)25/h11,13,20-22,27,32H,7-10,12,14-19H2,1-6H3,(H,36,41)(H,37,42). The molecule has 5 rings (SSSR count). The fraction of sp³-hybridized carbons (Fsp3) is 0.571. The Bertz CT molecular complexity index is 1730. The van der Waals surface area contributed by atoms with Gasteiger partial charge in [0.25, 0.3) is 10.2 Å². The average Bonchev–Trinajstić information content (AvgIpc) is 3.38. The molecule has 14 heteroatoms. The number of ether oxygens (including phenoxy) is 3. The third-order valence-corrected chi connectivity index (χ3v) is 11.7. The van der Waals surface area contributed by atoms with Crippen molar-refractivity contribution >= 4 is 27.7 Å². The summed E-state index contributed by atoms with van der Waals surface area (Å²) in [5, 5.41) is 6.26. The van der Waals surface area contributed by atoms with Crippen molar-refractivity contribution in [3.8, 4) is 28.4 Å². The third kappa shape index (κ3) is 7.51. The number of carbonyl (C=O) groups excluding carboxylic acids is 2. The van der Waals surface area contributed by atoms with Crippen LogP contribution in [0.25, 0.3) is 11.1 Å². The number of anilines is 1. The van der Waals surface area contributed by atoms with Crippen LogP contribution >= 0.6 is 0 Å². The van der Waals surface area contributed by atoms with Gasteiger partial charge < -0.3 is 29.7 Å². The van der Waals surface area contributed by atoms with Gasteiger partial charge in [-0.2, -0.15) is 17.0 Å². The van der Waals surface area contributed by atoms with Gasteiger partial charge in [-0.15, -0.1) is 0 Å². The lowest BCUT2D eigenvalue weighted by Gasteiger charge is -2.29. The Kier molecular flexibility index (Phi) is 11.4. The van der Waals surface area contributed by atoms with Crippen LogP contribution in [0.4, 0.5) is 5.69 Å². The smallest absolute Gasteiger partial charge is 0.282 e. The molecule has 268 valence electrons. The molecule has 13 nitrogen and oxygen atoms in total. The van der Waals surface area contributed by atoms with Crippen LogP contribution < -0.4 is 30.3 Å². The molecule has 0 aromatic heterocycles. The molecule has 0 spiro atoms. The number of methoxy groups -OCH3 is 3. The molecule has 2 aromatic carbocycles. The van der Waals surface area contributed by atoms with Crippen molar-refractivity contribution in [3.05, 3.63) is 45.6 Å². The van der Waals surface area contributed by atoms with Gasteiger partial charge in [0.05, 0.1) is 33.1 Å². The van der Waals surface area contributed by atoms with Gasteiger partial charge in [-0.25, -0.2) is 0 Å². The second-order valence-electron chi connectivity index (χ2n) is 13.2. The van der Waals surface area contributed by atoms with E-state index in [1.54, 1.807) is 25.2 Å². The summed E-state index contributed by atoms with van der Waals surface area (Å²) in [5.41, 5.74) is 2.85. The molecule has 2 N–H and O–H groups in total. The van der Waals surface area contributed by atoms with Crippen molar-refractivity contribution in [2.45, 2.75) is 65.0 Å². The van der Waals surface area contributed by atoms with Crippen LogP contribution in [0.2, 0.25) is 0 Å². The fourth-order valence-electron chi connectivity index (χ4n) is 7.13. The average molecular weight is 700 g/mol. The van der Waals surface area contributed by atoms with Gasteiger partial charge in [-0.3, -0.25) is 14.4 Å². The van der Waals surface area contributed by atoms with E-state index in [1.165, 1.54) is 28.7 Å². The van der Waals surface area contributed by atoms with E-state index in [0.717, 1.165) is 24.0 Å². The number of hydrogen-bond donors (Lipinski definition) is 2. The summed E-state index contributed by atoms with van der Waals surface area (Å²) in [6, 6.07) is 5.71. The van der Waals surface area contributed by atoms with Crippen molar-refractivity contribution < 1.29 is 32.2 Å². The van der Waals surface area contributed by atoms with Crippen LogP contribution in [0.5, 0.6) is 17.2 Å². The maximum Gasteiger partial charge on any atom is 0.282 e. The maximum absolute atomic E-state index is 14.0. The van der Waals surface area contributed by atoms with E-state index in [2.05, 4.69) is 10.6 Å². The Hall–Kier alpha value is -3.88. The second-order valence-corrected chi connectivity index (χ2v) is 15.1. The summed E-state index contributed by atoms with van der Waals surface area (Å²) >= 11 is 0. The van der Waals surface area contributed by atoms with E-state index < -0.39 is 22.3 Å². The van der Waals surface area contributed by atoms with Crippen molar-refractivity contribution in [2.24, 2.45) is 5.92 Å². The fourth-order valence-corrected chi connectivity index (χ4v) is 8.85. The van der Waals surface area contributed by atoms with E-state index in [9.17, 15) is 22.8 Å². The number of hydrogen-bond acceptors (Lipinski definition) is 9.